The highest BCUT2D eigenvalue weighted by Crippen LogP contribution is 2.44. The van der Waals surface area contributed by atoms with Gasteiger partial charge < -0.3 is 4.42 Å². The molecule has 0 aliphatic carbocycles. The Bertz CT molecular complexity index is 1400. The summed E-state index contributed by atoms with van der Waals surface area (Å²) < 4.78 is 5.66. The summed E-state index contributed by atoms with van der Waals surface area (Å²) in [5.74, 6) is 0.148. The minimum atomic E-state index is -0.425. The third kappa shape index (κ3) is 3.69. The Morgan fingerprint density at radius 2 is 1.94 bits per heavy atom. The van der Waals surface area contributed by atoms with Gasteiger partial charge in [0.05, 0.1) is 22.9 Å². The summed E-state index contributed by atoms with van der Waals surface area (Å²) in [5.41, 5.74) is 2.71. The molecule has 0 saturated heterocycles. The average molecular weight is 473 g/mol. The number of nitro groups is 1. The van der Waals surface area contributed by atoms with E-state index in [0.717, 1.165) is 4.88 Å². The Morgan fingerprint density at radius 3 is 2.56 bits per heavy atom. The van der Waals surface area contributed by atoms with Gasteiger partial charge in [0.25, 0.3) is 0 Å². The molecular formula is C25H20N4O4S. The average Bonchev–Trinajstić information content (AvgIpc) is 3.60. The fraction of sp³-hybridized carbons (Fsp3) is 0.160. The second-order valence-electron chi connectivity index (χ2n) is 7.89. The summed E-state index contributed by atoms with van der Waals surface area (Å²) in [6.07, 6.45) is 1.89. The molecule has 170 valence electrons. The standard InChI is InChI=1S/C25H20N4O4S/c1-15-22(18-14-19(21-11-7-13-34-21)28(27-18)16(2)30)23(20-10-6-12-33-20)25(29(31)32)24(26-15)17-8-4-3-5-9-17/h3-13,19H,14H2,1-2H3. The van der Waals surface area contributed by atoms with Crippen LogP contribution in [-0.4, -0.2) is 26.5 Å². The van der Waals surface area contributed by atoms with Gasteiger partial charge in [-0.1, -0.05) is 36.4 Å². The van der Waals surface area contributed by atoms with Crippen LogP contribution in [0, 0.1) is 17.0 Å². The van der Waals surface area contributed by atoms with E-state index in [9.17, 15) is 14.9 Å². The van der Waals surface area contributed by atoms with Crippen molar-refractivity contribution in [2.45, 2.75) is 26.3 Å². The summed E-state index contributed by atoms with van der Waals surface area (Å²) in [6.45, 7) is 3.27. The predicted molar refractivity (Wildman–Crippen MR) is 130 cm³/mol. The number of carbonyl (C=O) groups is 1. The highest BCUT2D eigenvalue weighted by atomic mass is 32.1. The molecule has 1 aliphatic heterocycles. The van der Waals surface area contributed by atoms with Gasteiger partial charge in [-0.2, -0.15) is 5.10 Å². The molecule has 4 aromatic rings. The number of pyridine rings is 1. The highest BCUT2D eigenvalue weighted by Gasteiger charge is 2.37. The number of hydrazone groups is 1. The lowest BCUT2D eigenvalue weighted by Crippen LogP contribution is -2.23. The van der Waals surface area contributed by atoms with Crippen molar-refractivity contribution in [3.63, 3.8) is 0 Å². The lowest BCUT2D eigenvalue weighted by molar-refractivity contribution is -0.383. The van der Waals surface area contributed by atoms with Crippen molar-refractivity contribution in [2.75, 3.05) is 0 Å². The van der Waals surface area contributed by atoms with Gasteiger partial charge in [-0.05, 0) is 30.5 Å². The molecule has 3 aromatic heterocycles. The van der Waals surface area contributed by atoms with Gasteiger partial charge >= 0.3 is 5.69 Å². The molecule has 0 fully saturated rings. The molecule has 0 bridgehead atoms. The Balaban J connectivity index is 1.77. The minimum Gasteiger partial charge on any atom is -0.464 e. The van der Waals surface area contributed by atoms with Gasteiger partial charge in [-0.15, -0.1) is 11.3 Å². The van der Waals surface area contributed by atoms with Crippen molar-refractivity contribution in [3.05, 3.63) is 92.5 Å². The van der Waals surface area contributed by atoms with Crippen LogP contribution in [0.1, 0.15) is 35.5 Å². The summed E-state index contributed by atoms with van der Waals surface area (Å²) >= 11 is 1.54. The smallest absolute Gasteiger partial charge is 0.307 e. The third-order valence-electron chi connectivity index (χ3n) is 5.74. The lowest BCUT2D eigenvalue weighted by atomic mass is 9.92. The SMILES string of the molecule is CC(=O)N1N=C(c2c(C)nc(-c3ccccc3)c([N+](=O)[O-])c2-c2ccco2)CC1c1cccs1. The number of aromatic nitrogens is 1. The molecule has 1 aromatic carbocycles. The van der Waals surface area contributed by atoms with Crippen LogP contribution in [0.3, 0.4) is 0 Å². The van der Waals surface area contributed by atoms with Gasteiger partial charge in [-0.3, -0.25) is 14.9 Å². The summed E-state index contributed by atoms with van der Waals surface area (Å²) in [6, 6.07) is 16.0. The molecule has 8 nitrogen and oxygen atoms in total. The van der Waals surface area contributed by atoms with Gasteiger partial charge in [0.15, 0.2) is 0 Å². The fourth-order valence-electron chi connectivity index (χ4n) is 4.34. The second-order valence-corrected chi connectivity index (χ2v) is 8.87. The van der Waals surface area contributed by atoms with Crippen LogP contribution < -0.4 is 0 Å². The van der Waals surface area contributed by atoms with Gasteiger partial charge in [0.2, 0.25) is 5.91 Å². The maximum atomic E-state index is 12.4. The van der Waals surface area contributed by atoms with Gasteiger partial charge in [-0.25, -0.2) is 9.99 Å². The van der Waals surface area contributed by atoms with E-state index in [1.165, 1.54) is 18.2 Å². The molecule has 34 heavy (non-hydrogen) atoms. The zero-order chi connectivity index (χ0) is 23.8. The van der Waals surface area contributed by atoms with Crippen molar-refractivity contribution in [1.29, 1.82) is 0 Å². The Kier molecular flexibility index (Phi) is 5.54. The lowest BCUT2D eigenvalue weighted by Gasteiger charge is -2.18. The fourth-order valence-corrected chi connectivity index (χ4v) is 5.15. The first kappa shape index (κ1) is 21.7. The Hall–Kier alpha value is -4.11. The largest absolute Gasteiger partial charge is 0.464 e. The number of benzene rings is 1. The summed E-state index contributed by atoms with van der Waals surface area (Å²) in [7, 11) is 0. The normalized spacial score (nSPS) is 15.4. The molecule has 1 atom stereocenters. The van der Waals surface area contributed by atoms with Crippen molar-refractivity contribution < 1.29 is 14.1 Å². The van der Waals surface area contributed by atoms with E-state index in [-0.39, 0.29) is 23.3 Å². The number of furan rings is 1. The first-order valence-electron chi connectivity index (χ1n) is 10.6. The first-order chi connectivity index (χ1) is 16.5. The number of rotatable bonds is 5. The van der Waals surface area contributed by atoms with E-state index < -0.39 is 4.92 Å². The number of carbonyl (C=O) groups excluding carboxylic acids is 1. The van der Waals surface area contributed by atoms with Crippen molar-refractivity contribution in [2.24, 2.45) is 5.10 Å². The molecule has 0 spiro atoms. The van der Waals surface area contributed by atoms with Crippen LogP contribution in [0.4, 0.5) is 5.69 Å². The number of hydrogen-bond acceptors (Lipinski definition) is 7. The number of amides is 1. The zero-order valence-electron chi connectivity index (χ0n) is 18.5. The molecule has 0 saturated carbocycles. The number of nitrogens with zero attached hydrogens (tertiary/aromatic N) is 4. The molecule has 9 heteroatoms. The van der Waals surface area contributed by atoms with Crippen molar-refractivity contribution in [1.82, 2.24) is 9.99 Å². The van der Waals surface area contributed by atoms with E-state index in [2.05, 4.69) is 10.1 Å². The molecule has 1 amide bonds. The maximum absolute atomic E-state index is 12.4. The first-order valence-corrected chi connectivity index (χ1v) is 11.5. The summed E-state index contributed by atoms with van der Waals surface area (Å²) in [5, 5.41) is 20.5. The second kappa shape index (κ2) is 8.68. The van der Waals surface area contributed by atoms with E-state index >= 15 is 0 Å². The topological polar surface area (TPSA) is 102 Å². The van der Waals surface area contributed by atoms with Crippen LogP contribution in [0.25, 0.3) is 22.6 Å². The van der Waals surface area contributed by atoms with Crippen LogP contribution in [-0.2, 0) is 4.79 Å². The monoisotopic (exact) mass is 472 g/mol. The quantitative estimate of drug-likeness (QED) is 0.262. The predicted octanol–water partition coefficient (Wildman–Crippen LogP) is 5.98. The summed E-state index contributed by atoms with van der Waals surface area (Å²) in [4.78, 5) is 30.1. The molecule has 1 aliphatic rings. The van der Waals surface area contributed by atoms with E-state index in [1.807, 2.05) is 35.7 Å². The van der Waals surface area contributed by atoms with Gasteiger partial charge in [0.1, 0.15) is 17.0 Å². The number of thiophene rings is 1. The van der Waals surface area contributed by atoms with Crippen molar-refractivity contribution in [3.8, 4) is 22.6 Å². The van der Waals surface area contributed by atoms with Crippen molar-refractivity contribution >= 4 is 28.6 Å². The molecule has 0 radical (unpaired) electrons. The van der Waals surface area contributed by atoms with Crippen LogP contribution in [0.2, 0.25) is 0 Å². The number of aryl methyl sites for hydroxylation is 1. The molecule has 5 rings (SSSR count). The molecule has 1 unspecified atom stereocenters. The molecular weight excluding hydrogens is 452 g/mol. The molecule has 4 heterocycles. The van der Waals surface area contributed by atoms with Crippen LogP contribution in [0.5, 0.6) is 0 Å². The number of hydrogen-bond donors (Lipinski definition) is 0. The maximum Gasteiger partial charge on any atom is 0.307 e. The zero-order valence-corrected chi connectivity index (χ0v) is 19.3. The van der Waals surface area contributed by atoms with Crippen LogP contribution >= 0.6 is 11.3 Å². The minimum absolute atomic E-state index is 0.154. The Morgan fingerprint density at radius 1 is 1.15 bits per heavy atom. The van der Waals surface area contributed by atoms with E-state index in [1.54, 1.807) is 42.5 Å². The van der Waals surface area contributed by atoms with Crippen LogP contribution in [0.15, 0.2) is 75.8 Å². The Labute approximate surface area is 199 Å². The van der Waals surface area contributed by atoms with E-state index in [0.29, 0.717) is 40.3 Å². The third-order valence-corrected chi connectivity index (χ3v) is 6.72. The molecule has 0 N–H and O–H groups in total. The highest BCUT2D eigenvalue weighted by molar-refractivity contribution is 7.10. The van der Waals surface area contributed by atoms with E-state index in [4.69, 9.17) is 4.42 Å². The van der Waals surface area contributed by atoms with Gasteiger partial charge in [0, 0.05) is 35.0 Å².